The minimum atomic E-state index is -0.569. The Labute approximate surface area is 136 Å². The number of carbonyl (C=O) groups is 1. The zero-order chi connectivity index (χ0) is 16.4. The second-order valence-electron chi connectivity index (χ2n) is 6.54. The molecule has 1 aromatic rings. The molecule has 0 bridgehead atoms. The van der Waals surface area contributed by atoms with Crippen molar-refractivity contribution in [2.24, 2.45) is 5.92 Å². The lowest BCUT2D eigenvalue weighted by atomic mass is 9.93. The Morgan fingerprint density at radius 3 is 2.65 bits per heavy atom. The molecule has 1 amide bonds. The number of hydrogen-bond donors (Lipinski definition) is 3. The van der Waals surface area contributed by atoms with Crippen LogP contribution in [0, 0.1) is 5.92 Å². The molecular formula is C19H23NO3. The molecule has 122 valence electrons. The first-order valence-electron chi connectivity index (χ1n) is 8.27. The highest BCUT2D eigenvalue weighted by Gasteiger charge is 2.51. The number of nitrogens with one attached hydrogen (secondary N) is 1. The number of rotatable bonds is 5. The maximum Gasteiger partial charge on any atom is 0.235 e. The van der Waals surface area contributed by atoms with E-state index in [0.29, 0.717) is 5.92 Å². The summed E-state index contributed by atoms with van der Waals surface area (Å²) in [6.07, 6.45) is 11.1. The zero-order valence-electron chi connectivity index (χ0n) is 13.4. The summed E-state index contributed by atoms with van der Waals surface area (Å²) in [7, 11) is 0. The fourth-order valence-electron chi connectivity index (χ4n) is 3.19. The van der Waals surface area contributed by atoms with E-state index in [2.05, 4.69) is 24.4 Å². The summed E-state index contributed by atoms with van der Waals surface area (Å²) in [6, 6.07) is 4.64. The summed E-state index contributed by atoms with van der Waals surface area (Å²) in [5.74, 6) is 0.197. The Bertz CT molecular complexity index is 671. The van der Waals surface area contributed by atoms with Gasteiger partial charge in [-0.25, -0.2) is 0 Å². The van der Waals surface area contributed by atoms with Gasteiger partial charge in [-0.15, -0.1) is 0 Å². The molecule has 2 aliphatic carbocycles. The number of phenolic OH excluding ortho intramolecular Hbond substituents is 2. The minimum absolute atomic E-state index is 0.0348. The highest BCUT2D eigenvalue weighted by atomic mass is 16.3. The van der Waals surface area contributed by atoms with Gasteiger partial charge < -0.3 is 15.5 Å². The van der Waals surface area contributed by atoms with Gasteiger partial charge in [0, 0.05) is 5.70 Å². The third-order valence-corrected chi connectivity index (χ3v) is 4.82. The van der Waals surface area contributed by atoms with E-state index in [-0.39, 0.29) is 17.4 Å². The van der Waals surface area contributed by atoms with Crippen molar-refractivity contribution in [3.05, 3.63) is 47.7 Å². The van der Waals surface area contributed by atoms with Crippen molar-refractivity contribution < 1.29 is 15.0 Å². The first kappa shape index (κ1) is 15.7. The highest BCUT2D eigenvalue weighted by molar-refractivity contribution is 5.92. The lowest BCUT2D eigenvalue weighted by Gasteiger charge is -2.20. The van der Waals surface area contributed by atoms with E-state index in [1.807, 2.05) is 6.08 Å². The fraction of sp³-hybridized carbons (Fsp3) is 0.421. The van der Waals surface area contributed by atoms with Gasteiger partial charge in [0.25, 0.3) is 0 Å². The van der Waals surface area contributed by atoms with Crippen molar-refractivity contribution in [1.29, 1.82) is 0 Å². The first-order chi connectivity index (χ1) is 11.0. The summed E-state index contributed by atoms with van der Waals surface area (Å²) in [5, 5.41) is 22.1. The van der Waals surface area contributed by atoms with Crippen LogP contribution in [0.1, 0.15) is 44.6 Å². The largest absolute Gasteiger partial charge is 0.504 e. The van der Waals surface area contributed by atoms with Gasteiger partial charge in [0.05, 0.1) is 5.41 Å². The van der Waals surface area contributed by atoms with Crippen LogP contribution in [0.15, 0.2) is 42.1 Å². The molecule has 1 atom stereocenters. The maximum absolute atomic E-state index is 12.7. The molecule has 1 fully saturated rings. The molecule has 0 aliphatic heterocycles. The Morgan fingerprint density at radius 2 is 2.09 bits per heavy atom. The second kappa shape index (κ2) is 6.11. The molecule has 0 aromatic heterocycles. The van der Waals surface area contributed by atoms with Crippen molar-refractivity contribution in [1.82, 2.24) is 5.32 Å². The lowest BCUT2D eigenvalue weighted by Crippen LogP contribution is -2.34. The topological polar surface area (TPSA) is 69.6 Å². The monoisotopic (exact) mass is 313 g/mol. The third kappa shape index (κ3) is 3.11. The Morgan fingerprint density at radius 1 is 1.30 bits per heavy atom. The predicted octanol–water partition coefficient (Wildman–Crippen LogP) is 3.51. The lowest BCUT2D eigenvalue weighted by molar-refractivity contribution is -0.122. The summed E-state index contributed by atoms with van der Waals surface area (Å²) < 4.78 is 0. The molecular weight excluding hydrogens is 290 g/mol. The normalized spacial score (nSPS) is 21.6. The number of aromatic hydroxyl groups is 2. The number of amides is 1. The van der Waals surface area contributed by atoms with E-state index in [4.69, 9.17) is 0 Å². The van der Waals surface area contributed by atoms with E-state index in [1.165, 1.54) is 18.6 Å². The number of carbonyl (C=O) groups excluding carboxylic acids is 1. The van der Waals surface area contributed by atoms with Crippen molar-refractivity contribution in [3.63, 3.8) is 0 Å². The van der Waals surface area contributed by atoms with E-state index in [1.54, 1.807) is 6.07 Å². The number of benzene rings is 1. The van der Waals surface area contributed by atoms with Crippen LogP contribution >= 0.6 is 0 Å². The fourth-order valence-corrected chi connectivity index (χ4v) is 3.19. The Balaban J connectivity index is 1.69. The smallest absolute Gasteiger partial charge is 0.235 e. The highest BCUT2D eigenvalue weighted by Crippen LogP contribution is 2.50. The molecule has 1 aromatic carbocycles. The van der Waals surface area contributed by atoms with Gasteiger partial charge in [0.2, 0.25) is 5.91 Å². The van der Waals surface area contributed by atoms with Crippen LogP contribution in [0.5, 0.6) is 11.5 Å². The molecule has 1 unspecified atom stereocenters. The van der Waals surface area contributed by atoms with Crippen LogP contribution in [-0.4, -0.2) is 16.1 Å². The molecule has 0 radical (unpaired) electrons. The summed E-state index contributed by atoms with van der Waals surface area (Å²) in [6.45, 7) is 2.18. The van der Waals surface area contributed by atoms with E-state index in [9.17, 15) is 15.0 Å². The molecule has 23 heavy (non-hydrogen) atoms. The maximum atomic E-state index is 12.7. The molecule has 3 rings (SSSR count). The molecule has 0 saturated heterocycles. The van der Waals surface area contributed by atoms with Crippen molar-refractivity contribution in [3.8, 4) is 11.5 Å². The number of allylic oxidation sites excluding steroid dienone is 3. The summed E-state index contributed by atoms with van der Waals surface area (Å²) in [4.78, 5) is 12.7. The van der Waals surface area contributed by atoms with E-state index in [0.717, 1.165) is 36.9 Å². The molecule has 0 spiro atoms. The predicted molar refractivity (Wildman–Crippen MR) is 89.1 cm³/mol. The first-order valence-corrected chi connectivity index (χ1v) is 8.27. The number of phenols is 2. The van der Waals surface area contributed by atoms with Gasteiger partial charge in [-0.1, -0.05) is 31.6 Å². The molecule has 0 heterocycles. The van der Waals surface area contributed by atoms with Crippen LogP contribution < -0.4 is 5.32 Å². The van der Waals surface area contributed by atoms with Gasteiger partial charge >= 0.3 is 0 Å². The SMILES string of the molecule is CCCC1C=CC(NC(=O)C2(c3ccc(O)c(O)c3)CC2)=CC1. The van der Waals surface area contributed by atoms with Crippen LogP contribution in [0.3, 0.4) is 0 Å². The van der Waals surface area contributed by atoms with Gasteiger partial charge in [-0.2, -0.15) is 0 Å². The standard InChI is InChI=1S/C19H23NO3/c1-2-3-13-4-7-15(8-5-13)20-18(23)19(10-11-19)14-6-9-16(21)17(22)12-14/h4,6-9,12-13,21-22H,2-3,5,10-11H2,1H3,(H,20,23). The summed E-state index contributed by atoms with van der Waals surface area (Å²) >= 11 is 0. The van der Waals surface area contributed by atoms with Gasteiger partial charge in [-0.3, -0.25) is 4.79 Å². The van der Waals surface area contributed by atoms with Crippen molar-refractivity contribution in [2.45, 2.75) is 44.4 Å². The molecule has 2 aliphatic rings. The molecule has 4 nitrogen and oxygen atoms in total. The second-order valence-corrected chi connectivity index (χ2v) is 6.54. The molecule has 3 N–H and O–H groups in total. The van der Waals surface area contributed by atoms with Crippen LogP contribution in [-0.2, 0) is 10.2 Å². The van der Waals surface area contributed by atoms with Gasteiger partial charge in [-0.05, 0) is 55.4 Å². The number of hydrogen-bond acceptors (Lipinski definition) is 3. The van der Waals surface area contributed by atoms with Crippen LogP contribution in [0.4, 0.5) is 0 Å². The third-order valence-electron chi connectivity index (χ3n) is 4.82. The summed E-state index contributed by atoms with van der Waals surface area (Å²) in [5.41, 5.74) is 1.05. The quantitative estimate of drug-likeness (QED) is 0.729. The van der Waals surface area contributed by atoms with Crippen LogP contribution in [0.2, 0.25) is 0 Å². The van der Waals surface area contributed by atoms with E-state index < -0.39 is 5.41 Å². The van der Waals surface area contributed by atoms with Crippen molar-refractivity contribution in [2.75, 3.05) is 0 Å². The van der Waals surface area contributed by atoms with E-state index >= 15 is 0 Å². The zero-order valence-corrected chi connectivity index (χ0v) is 13.4. The minimum Gasteiger partial charge on any atom is -0.504 e. The van der Waals surface area contributed by atoms with Gasteiger partial charge in [0.15, 0.2) is 11.5 Å². The van der Waals surface area contributed by atoms with Gasteiger partial charge in [0.1, 0.15) is 0 Å². The van der Waals surface area contributed by atoms with Crippen molar-refractivity contribution >= 4 is 5.91 Å². The average Bonchev–Trinajstić information content (AvgIpc) is 3.34. The molecule has 1 saturated carbocycles. The van der Waals surface area contributed by atoms with Crippen LogP contribution in [0.25, 0.3) is 0 Å². The molecule has 4 heteroatoms. The Kier molecular flexibility index (Phi) is 4.16. The Hall–Kier alpha value is -2.23. The average molecular weight is 313 g/mol.